The smallest absolute Gasteiger partial charge is 0.241 e. The summed E-state index contributed by atoms with van der Waals surface area (Å²) in [6.45, 7) is -0.147. The van der Waals surface area contributed by atoms with Crippen LogP contribution in [0.15, 0.2) is 83.9 Å². The summed E-state index contributed by atoms with van der Waals surface area (Å²) in [5.41, 5.74) is 2.84. The van der Waals surface area contributed by atoms with Gasteiger partial charge in [0, 0.05) is 34.6 Å². The number of amides is 1. The van der Waals surface area contributed by atoms with E-state index in [4.69, 9.17) is 16.3 Å². The van der Waals surface area contributed by atoms with E-state index in [1.807, 2.05) is 54.7 Å². The van der Waals surface area contributed by atoms with Crippen LogP contribution in [-0.2, 0) is 14.8 Å². The van der Waals surface area contributed by atoms with Crippen LogP contribution in [-0.4, -0.2) is 39.5 Å². The lowest BCUT2D eigenvalue weighted by atomic mass is 9.90. The molecule has 4 rings (SSSR count). The van der Waals surface area contributed by atoms with Gasteiger partial charge in [-0.15, -0.1) is 0 Å². The molecule has 7 nitrogen and oxygen atoms in total. The largest absolute Gasteiger partial charge is 0.497 e. The van der Waals surface area contributed by atoms with Gasteiger partial charge in [-0.2, -0.15) is 0 Å². The molecule has 3 N–H and O–H groups in total. The van der Waals surface area contributed by atoms with Crippen molar-refractivity contribution < 1.29 is 17.9 Å². The second kappa shape index (κ2) is 10.3. The van der Waals surface area contributed by atoms with Crippen LogP contribution in [0.25, 0.3) is 10.9 Å². The Balaban J connectivity index is 1.48. The number of H-pyrrole nitrogens is 1. The molecule has 176 valence electrons. The summed E-state index contributed by atoms with van der Waals surface area (Å²) < 4.78 is 32.4. The molecule has 1 aromatic heterocycles. The summed E-state index contributed by atoms with van der Waals surface area (Å²) in [5.74, 6) is -0.138. The highest BCUT2D eigenvalue weighted by atomic mass is 35.5. The summed E-state index contributed by atoms with van der Waals surface area (Å²) in [6.07, 6.45) is 1.91. The molecule has 1 unspecified atom stereocenters. The van der Waals surface area contributed by atoms with Crippen LogP contribution in [0.4, 0.5) is 0 Å². The van der Waals surface area contributed by atoms with Crippen LogP contribution in [0.2, 0.25) is 5.02 Å². The van der Waals surface area contributed by atoms with Crippen molar-refractivity contribution in [2.75, 3.05) is 20.2 Å². The zero-order valence-electron chi connectivity index (χ0n) is 18.4. The van der Waals surface area contributed by atoms with Crippen LogP contribution in [0.3, 0.4) is 0 Å². The molecule has 0 saturated carbocycles. The minimum atomic E-state index is -3.84. The van der Waals surface area contributed by atoms with Gasteiger partial charge in [-0.25, -0.2) is 13.1 Å². The number of carbonyl (C=O) groups excluding carboxylic acids is 1. The van der Waals surface area contributed by atoms with E-state index in [-0.39, 0.29) is 17.4 Å². The van der Waals surface area contributed by atoms with Gasteiger partial charge in [-0.3, -0.25) is 4.79 Å². The predicted molar refractivity (Wildman–Crippen MR) is 133 cm³/mol. The zero-order valence-corrected chi connectivity index (χ0v) is 20.0. The lowest BCUT2D eigenvalue weighted by Gasteiger charge is -2.19. The van der Waals surface area contributed by atoms with Crippen molar-refractivity contribution in [2.45, 2.75) is 10.8 Å². The molecular formula is C25H24ClN3O4S. The van der Waals surface area contributed by atoms with E-state index in [0.29, 0.717) is 10.8 Å². The average Bonchev–Trinajstić information content (AvgIpc) is 3.28. The standard InChI is InChI=1S/C25H24ClN3O4S/c1-33-17-10-12-18(13-11-17)34(31,32)29-16-25(30)28-15-21(19-6-2-4-8-23(19)26)22-14-27-24-9-5-3-7-20(22)24/h2-14,21,27,29H,15-16H2,1H3,(H,28,30). The Bertz CT molecular complexity index is 1400. The number of hydrogen-bond acceptors (Lipinski definition) is 4. The number of nitrogens with one attached hydrogen (secondary N) is 3. The number of rotatable bonds is 9. The number of hydrogen-bond donors (Lipinski definition) is 3. The number of aromatic amines is 1. The molecule has 1 amide bonds. The molecule has 0 aliphatic carbocycles. The molecule has 9 heteroatoms. The van der Waals surface area contributed by atoms with Crippen molar-refractivity contribution in [2.24, 2.45) is 0 Å². The van der Waals surface area contributed by atoms with Gasteiger partial charge in [0.15, 0.2) is 0 Å². The zero-order chi connectivity index (χ0) is 24.1. The van der Waals surface area contributed by atoms with Gasteiger partial charge < -0.3 is 15.0 Å². The molecule has 0 saturated heterocycles. The summed E-state index contributed by atoms with van der Waals surface area (Å²) >= 11 is 6.49. The molecule has 0 radical (unpaired) electrons. The maximum absolute atomic E-state index is 12.6. The summed E-state index contributed by atoms with van der Waals surface area (Å²) in [5, 5.41) is 4.46. The molecule has 0 spiro atoms. The van der Waals surface area contributed by atoms with Gasteiger partial charge in [0.2, 0.25) is 15.9 Å². The van der Waals surface area contributed by atoms with E-state index in [1.54, 1.807) is 12.1 Å². The average molecular weight is 498 g/mol. The van der Waals surface area contributed by atoms with Gasteiger partial charge in [0.1, 0.15) is 5.75 Å². The Morgan fingerprint density at radius 2 is 1.71 bits per heavy atom. The molecule has 3 aromatic carbocycles. The van der Waals surface area contributed by atoms with E-state index >= 15 is 0 Å². The Morgan fingerprint density at radius 3 is 2.44 bits per heavy atom. The van der Waals surface area contributed by atoms with E-state index in [0.717, 1.165) is 22.0 Å². The first kappa shape index (κ1) is 23.8. The lowest BCUT2D eigenvalue weighted by molar-refractivity contribution is -0.119. The third-order valence-corrected chi connectivity index (χ3v) is 7.33. The van der Waals surface area contributed by atoms with Crippen molar-refractivity contribution in [3.8, 4) is 5.75 Å². The predicted octanol–water partition coefficient (Wildman–Crippen LogP) is 4.06. The number of sulfonamides is 1. The SMILES string of the molecule is COc1ccc(S(=O)(=O)NCC(=O)NCC(c2ccccc2Cl)c2c[nH]c3ccccc23)cc1. The first-order valence-electron chi connectivity index (χ1n) is 10.6. The van der Waals surface area contributed by atoms with Crippen molar-refractivity contribution >= 4 is 38.4 Å². The van der Waals surface area contributed by atoms with E-state index in [9.17, 15) is 13.2 Å². The van der Waals surface area contributed by atoms with Gasteiger partial charge >= 0.3 is 0 Å². The number of methoxy groups -OCH3 is 1. The first-order valence-corrected chi connectivity index (χ1v) is 12.5. The highest BCUT2D eigenvalue weighted by Crippen LogP contribution is 2.34. The molecule has 0 bridgehead atoms. The number of aromatic nitrogens is 1. The van der Waals surface area contributed by atoms with E-state index < -0.39 is 22.5 Å². The number of fused-ring (bicyclic) bond motifs is 1. The molecule has 34 heavy (non-hydrogen) atoms. The van der Waals surface area contributed by atoms with Crippen molar-refractivity contribution in [1.82, 2.24) is 15.0 Å². The quantitative estimate of drug-likeness (QED) is 0.324. The van der Waals surface area contributed by atoms with Crippen molar-refractivity contribution in [1.29, 1.82) is 0 Å². The van der Waals surface area contributed by atoms with Gasteiger partial charge in [-0.05, 0) is 47.5 Å². The topological polar surface area (TPSA) is 100 Å². The molecule has 0 aliphatic heterocycles. The second-order valence-electron chi connectivity index (χ2n) is 7.67. The maximum atomic E-state index is 12.6. The molecule has 4 aromatic rings. The first-order chi connectivity index (χ1) is 16.4. The Morgan fingerprint density at radius 1 is 1.00 bits per heavy atom. The minimum Gasteiger partial charge on any atom is -0.497 e. The molecule has 1 heterocycles. The fourth-order valence-electron chi connectivity index (χ4n) is 3.80. The van der Waals surface area contributed by atoms with Crippen LogP contribution >= 0.6 is 11.6 Å². The number of carbonyl (C=O) groups is 1. The van der Waals surface area contributed by atoms with Crippen LogP contribution < -0.4 is 14.8 Å². The number of halogens is 1. The van der Waals surface area contributed by atoms with Gasteiger partial charge in [-0.1, -0.05) is 48.0 Å². The maximum Gasteiger partial charge on any atom is 0.241 e. The highest BCUT2D eigenvalue weighted by molar-refractivity contribution is 7.89. The second-order valence-corrected chi connectivity index (χ2v) is 9.84. The summed E-state index contributed by atoms with van der Waals surface area (Å²) in [4.78, 5) is 15.9. The fraction of sp³-hybridized carbons (Fsp3) is 0.160. The Hall–Kier alpha value is -3.33. The normalized spacial score (nSPS) is 12.4. The third-order valence-electron chi connectivity index (χ3n) is 5.57. The number of benzene rings is 3. The fourth-order valence-corrected chi connectivity index (χ4v) is 5.05. The molecule has 0 fully saturated rings. The third kappa shape index (κ3) is 5.25. The Labute approximate surface area is 203 Å². The molecule has 1 atom stereocenters. The monoisotopic (exact) mass is 497 g/mol. The molecular weight excluding hydrogens is 474 g/mol. The highest BCUT2D eigenvalue weighted by Gasteiger charge is 2.22. The van der Waals surface area contributed by atoms with Crippen molar-refractivity contribution in [3.05, 3.63) is 95.1 Å². The van der Waals surface area contributed by atoms with Crippen LogP contribution in [0.1, 0.15) is 17.0 Å². The minimum absolute atomic E-state index is 0.0498. The number of para-hydroxylation sites is 1. The lowest BCUT2D eigenvalue weighted by Crippen LogP contribution is -2.38. The van der Waals surface area contributed by atoms with E-state index in [1.165, 1.54) is 19.2 Å². The van der Waals surface area contributed by atoms with Gasteiger partial charge in [0.25, 0.3) is 0 Å². The van der Waals surface area contributed by atoms with E-state index in [2.05, 4.69) is 15.0 Å². The number of ether oxygens (including phenoxy) is 1. The Kier molecular flexibility index (Phi) is 7.21. The van der Waals surface area contributed by atoms with Crippen LogP contribution in [0.5, 0.6) is 5.75 Å². The summed E-state index contributed by atoms with van der Waals surface area (Å²) in [6, 6.07) is 21.3. The van der Waals surface area contributed by atoms with Crippen LogP contribution in [0, 0.1) is 0 Å². The van der Waals surface area contributed by atoms with Gasteiger partial charge in [0.05, 0.1) is 18.6 Å². The van der Waals surface area contributed by atoms with Crippen molar-refractivity contribution in [3.63, 3.8) is 0 Å². The summed E-state index contributed by atoms with van der Waals surface area (Å²) in [7, 11) is -2.34. The molecule has 0 aliphatic rings.